The van der Waals surface area contributed by atoms with E-state index < -0.39 is 6.09 Å². The van der Waals surface area contributed by atoms with E-state index in [-0.39, 0.29) is 11.9 Å². The van der Waals surface area contributed by atoms with Crippen molar-refractivity contribution in [1.29, 1.82) is 0 Å². The third-order valence-electron chi connectivity index (χ3n) is 7.61. The van der Waals surface area contributed by atoms with Crippen LogP contribution < -0.4 is 10.1 Å². The molecular weight excluding hydrogens is 470 g/mol. The number of nitrogens with zero attached hydrogens (tertiary/aromatic N) is 4. The second-order valence-electron chi connectivity index (χ2n) is 10.3. The number of para-hydroxylation sites is 1. The van der Waals surface area contributed by atoms with Gasteiger partial charge in [0.15, 0.2) is 5.82 Å². The van der Waals surface area contributed by atoms with E-state index in [0.29, 0.717) is 24.6 Å². The Morgan fingerprint density at radius 1 is 1.27 bits per heavy atom. The number of aryl methyl sites for hydroxylation is 1. The lowest BCUT2D eigenvalue weighted by Gasteiger charge is -2.30. The van der Waals surface area contributed by atoms with E-state index in [4.69, 9.17) is 14.8 Å². The van der Waals surface area contributed by atoms with Crippen LogP contribution in [0.15, 0.2) is 36.4 Å². The SMILES string of the molecule is COc1cccc2cc(-c3nc4cc5c(cc4n3C)CCN(C[C@@H](C)NC(=O)O)C5=O)n(CC3CC3)c12. The maximum absolute atomic E-state index is 13.3. The Morgan fingerprint density at radius 2 is 2.08 bits per heavy atom. The summed E-state index contributed by atoms with van der Waals surface area (Å²) < 4.78 is 10.2. The highest BCUT2D eigenvalue weighted by molar-refractivity contribution is 6.01. The molecule has 6 rings (SSSR count). The van der Waals surface area contributed by atoms with Gasteiger partial charge in [0.05, 0.1) is 29.4 Å². The average molecular weight is 502 g/mol. The summed E-state index contributed by atoms with van der Waals surface area (Å²) in [4.78, 5) is 31.0. The third kappa shape index (κ3) is 4.08. The molecule has 4 aromatic rings. The van der Waals surface area contributed by atoms with Crippen molar-refractivity contribution in [2.24, 2.45) is 13.0 Å². The zero-order valence-corrected chi connectivity index (χ0v) is 21.3. The van der Waals surface area contributed by atoms with Gasteiger partial charge in [0.25, 0.3) is 5.91 Å². The van der Waals surface area contributed by atoms with Crippen molar-refractivity contribution in [3.63, 3.8) is 0 Å². The predicted molar refractivity (Wildman–Crippen MR) is 141 cm³/mol. The Hall–Kier alpha value is -4.01. The molecular formula is C28H31N5O4. The number of imidazole rings is 1. The first kappa shape index (κ1) is 23.4. The average Bonchev–Trinajstić information content (AvgIpc) is 3.54. The minimum Gasteiger partial charge on any atom is -0.495 e. The minimum atomic E-state index is -1.09. The maximum Gasteiger partial charge on any atom is 0.404 e. The van der Waals surface area contributed by atoms with Crippen molar-refractivity contribution in [3.8, 4) is 17.3 Å². The van der Waals surface area contributed by atoms with E-state index in [0.717, 1.165) is 57.7 Å². The maximum atomic E-state index is 13.3. The van der Waals surface area contributed by atoms with Crippen LogP contribution in [0.4, 0.5) is 4.79 Å². The number of hydrogen-bond acceptors (Lipinski definition) is 4. The minimum absolute atomic E-state index is 0.0815. The molecule has 0 radical (unpaired) electrons. The smallest absolute Gasteiger partial charge is 0.404 e. The number of rotatable bonds is 7. The highest BCUT2D eigenvalue weighted by Gasteiger charge is 2.29. The van der Waals surface area contributed by atoms with E-state index in [9.17, 15) is 9.59 Å². The van der Waals surface area contributed by atoms with E-state index in [1.807, 2.05) is 25.2 Å². The van der Waals surface area contributed by atoms with Gasteiger partial charge < -0.3 is 29.2 Å². The first-order valence-corrected chi connectivity index (χ1v) is 12.8. The zero-order valence-electron chi connectivity index (χ0n) is 21.3. The van der Waals surface area contributed by atoms with Crippen LogP contribution in [-0.2, 0) is 20.0 Å². The van der Waals surface area contributed by atoms with Gasteiger partial charge in [-0.2, -0.15) is 0 Å². The molecule has 9 nitrogen and oxygen atoms in total. The van der Waals surface area contributed by atoms with Gasteiger partial charge in [-0.1, -0.05) is 12.1 Å². The van der Waals surface area contributed by atoms with Gasteiger partial charge in [-0.25, -0.2) is 9.78 Å². The van der Waals surface area contributed by atoms with E-state index in [2.05, 4.69) is 32.7 Å². The Bertz CT molecular complexity index is 1550. The Balaban J connectivity index is 1.42. The molecule has 0 saturated heterocycles. The van der Waals surface area contributed by atoms with Gasteiger partial charge >= 0.3 is 6.09 Å². The summed E-state index contributed by atoms with van der Waals surface area (Å²) in [6, 6.07) is 11.9. The summed E-state index contributed by atoms with van der Waals surface area (Å²) in [7, 11) is 3.74. The normalized spacial score (nSPS) is 16.3. The van der Waals surface area contributed by atoms with Crippen LogP contribution >= 0.6 is 0 Å². The van der Waals surface area contributed by atoms with Crippen LogP contribution in [0.5, 0.6) is 5.75 Å². The fourth-order valence-electron chi connectivity index (χ4n) is 5.59. The Labute approximate surface area is 214 Å². The van der Waals surface area contributed by atoms with Crippen LogP contribution in [0.2, 0.25) is 0 Å². The van der Waals surface area contributed by atoms with Crippen molar-refractivity contribution in [2.45, 2.75) is 38.8 Å². The Morgan fingerprint density at radius 3 is 2.81 bits per heavy atom. The number of nitrogens with one attached hydrogen (secondary N) is 1. The zero-order chi connectivity index (χ0) is 25.8. The molecule has 1 aliphatic heterocycles. The van der Waals surface area contributed by atoms with Crippen LogP contribution in [0.3, 0.4) is 0 Å². The van der Waals surface area contributed by atoms with Crippen LogP contribution in [0.1, 0.15) is 35.7 Å². The molecule has 1 saturated carbocycles. The van der Waals surface area contributed by atoms with Gasteiger partial charge in [0.2, 0.25) is 0 Å². The number of amides is 2. The molecule has 2 N–H and O–H groups in total. The van der Waals surface area contributed by atoms with Crippen LogP contribution in [0.25, 0.3) is 33.5 Å². The van der Waals surface area contributed by atoms with Gasteiger partial charge in [-0.05, 0) is 61.9 Å². The second kappa shape index (κ2) is 8.83. The lowest BCUT2D eigenvalue weighted by atomic mass is 9.97. The van der Waals surface area contributed by atoms with Crippen molar-refractivity contribution in [1.82, 2.24) is 24.3 Å². The molecule has 0 bridgehead atoms. The molecule has 3 heterocycles. The summed E-state index contributed by atoms with van der Waals surface area (Å²) in [5.41, 5.74) is 5.55. The summed E-state index contributed by atoms with van der Waals surface area (Å²) >= 11 is 0. The van der Waals surface area contributed by atoms with Gasteiger partial charge in [-0.3, -0.25) is 4.79 Å². The lowest BCUT2D eigenvalue weighted by Crippen LogP contribution is -2.46. The topological polar surface area (TPSA) is 102 Å². The number of carbonyl (C=O) groups excluding carboxylic acids is 1. The molecule has 9 heteroatoms. The first-order chi connectivity index (χ1) is 17.8. The fourth-order valence-corrected chi connectivity index (χ4v) is 5.59. The molecule has 1 fully saturated rings. The predicted octanol–water partition coefficient (Wildman–Crippen LogP) is 4.27. The summed E-state index contributed by atoms with van der Waals surface area (Å²) in [6.07, 6.45) is 2.11. The molecule has 0 spiro atoms. The number of fused-ring (bicyclic) bond motifs is 3. The van der Waals surface area contributed by atoms with Crippen molar-refractivity contribution < 1.29 is 19.4 Å². The third-order valence-corrected chi connectivity index (χ3v) is 7.61. The standard InChI is InChI=1S/C28H31N5O4/c1-16(29-28(35)36)14-32-10-9-18-11-22-21(13-20(18)27(32)34)30-26(31(22)2)23-12-19-5-4-6-24(37-3)25(19)33(23)15-17-7-8-17/h4-6,11-13,16-17,29H,7-10,14-15H2,1-3H3,(H,35,36)/t16-/m1/s1. The molecule has 192 valence electrons. The highest BCUT2D eigenvalue weighted by atomic mass is 16.5. The molecule has 1 aliphatic carbocycles. The lowest BCUT2D eigenvalue weighted by molar-refractivity contribution is 0.0723. The number of benzene rings is 2. The number of ether oxygens (including phenoxy) is 1. The van der Waals surface area contributed by atoms with Crippen molar-refractivity contribution in [2.75, 3.05) is 20.2 Å². The van der Waals surface area contributed by atoms with Gasteiger partial charge in [-0.15, -0.1) is 0 Å². The van der Waals surface area contributed by atoms with Crippen molar-refractivity contribution >= 4 is 33.9 Å². The number of aromatic nitrogens is 3. The summed E-state index contributed by atoms with van der Waals surface area (Å²) in [6.45, 7) is 3.58. The summed E-state index contributed by atoms with van der Waals surface area (Å²) in [5, 5.41) is 12.5. The van der Waals surface area contributed by atoms with Gasteiger partial charge in [0.1, 0.15) is 5.75 Å². The van der Waals surface area contributed by atoms with Gasteiger partial charge in [0, 0.05) is 43.7 Å². The molecule has 37 heavy (non-hydrogen) atoms. The quantitative estimate of drug-likeness (QED) is 0.394. The van der Waals surface area contributed by atoms with Crippen molar-refractivity contribution in [3.05, 3.63) is 47.5 Å². The second-order valence-corrected chi connectivity index (χ2v) is 10.3. The molecule has 2 aromatic carbocycles. The molecule has 1 atom stereocenters. The van der Waals surface area contributed by atoms with Crippen LogP contribution in [-0.4, -0.2) is 62.4 Å². The fraction of sp³-hybridized carbons (Fsp3) is 0.393. The van der Waals surface area contributed by atoms with E-state index in [1.54, 1.807) is 18.9 Å². The van der Waals surface area contributed by atoms with E-state index >= 15 is 0 Å². The number of carbonyl (C=O) groups is 2. The molecule has 0 unspecified atom stereocenters. The summed E-state index contributed by atoms with van der Waals surface area (Å²) in [5.74, 6) is 2.31. The molecule has 2 aromatic heterocycles. The molecule has 2 amide bonds. The van der Waals surface area contributed by atoms with E-state index in [1.165, 1.54) is 12.8 Å². The monoisotopic (exact) mass is 501 g/mol. The number of hydrogen-bond donors (Lipinski definition) is 2. The highest BCUT2D eigenvalue weighted by Crippen LogP contribution is 2.39. The Kier molecular flexibility index (Phi) is 5.58. The van der Waals surface area contributed by atoms with Crippen LogP contribution in [0, 0.1) is 5.92 Å². The first-order valence-electron chi connectivity index (χ1n) is 12.8. The molecule has 2 aliphatic rings. The number of methoxy groups -OCH3 is 1. The number of carboxylic acid groups (broad SMARTS) is 1. The largest absolute Gasteiger partial charge is 0.495 e.